The first-order valence-electron chi connectivity index (χ1n) is 10.1. The second-order valence-electron chi connectivity index (χ2n) is 8.07. The number of nitrogens with zero attached hydrogens (tertiary/aromatic N) is 1. The number of carbonyl (C=O) groups excluding carboxylic acids is 1. The summed E-state index contributed by atoms with van der Waals surface area (Å²) in [4.78, 5) is 15.1. The minimum Gasteiger partial charge on any atom is -0.506 e. The molecule has 150 valence electrons. The number of likely N-dealkylation sites (tertiary alicyclic amines) is 1. The molecule has 1 saturated heterocycles. The molecule has 2 heterocycles. The molecule has 1 fully saturated rings. The summed E-state index contributed by atoms with van der Waals surface area (Å²) in [5, 5.41) is 15.0. The third kappa shape index (κ3) is 3.10. The third-order valence-electron chi connectivity index (χ3n) is 6.41. The standard InChI is InChI=1S/C23H22Cl2N2O2/c24-13-11-18(22(28)19(25)12-13)21-16-6-3-5-14(16)15-7-4-8-17(20(15)26-21)23(29)27-9-1-2-10-27/h3-5,7-8,11-12,14,16,21,26,28H,1-2,6,9-10H2. The average Bonchev–Trinajstić information content (AvgIpc) is 3.41. The molecule has 4 nitrogen and oxygen atoms in total. The Bertz CT molecular complexity index is 1010. The van der Waals surface area contributed by atoms with Crippen LogP contribution in [0.3, 0.4) is 0 Å². The van der Waals surface area contributed by atoms with E-state index in [-0.39, 0.29) is 34.6 Å². The molecule has 2 aromatic rings. The van der Waals surface area contributed by atoms with Gasteiger partial charge >= 0.3 is 0 Å². The van der Waals surface area contributed by atoms with E-state index in [2.05, 4.69) is 23.5 Å². The number of phenols is 1. The van der Waals surface area contributed by atoms with Crippen molar-refractivity contribution in [1.82, 2.24) is 4.90 Å². The van der Waals surface area contributed by atoms with Crippen LogP contribution in [0, 0.1) is 5.92 Å². The highest BCUT2D eigenvalue weighted by Crippen LogP contribution is 2.53. The van der Waals surface area contributed by atoms with Crippen LogP contribution in [0.5, 0.6) is 5.75 Å². The van der Waals surface area contributed by atoms with Gasteiger partial charge in [0.05, 0.1) is 22.3 Å². The molecule has 0 bridgehead atoms. The number of halogens is 2. The zero-order valence-electron chi connectivity index (χ0n) is 15.9. The highest BCUT2D eigenvalue weighted by Gasteiger charge is 2.41. The maximum Gasteiger partial charge on any atom is 0.255 e. The van der Waals surface area contributed by atoms with Crippen molar-refractivity contribution in [1.29, 1.82) is 0 Å². The largest absolute Gasteiger partial charge is 0.506 e. The number of allylic oxidation sites excluding steroid dienone is 2. The van der Waals surface area contributed by atoms with E-state index in [1.54, 1.807) is 12.1 Å². The summed E-state index contributed by atoms with van der Waals surface area (Å²) in [5.74, 6) is 0.519. The van der Waals surface area contributed by atoms with Crippen LogP contribution in [0.4, 0.5) is 5.69 Å². The zero-order valence-corrected chi connectivity index (χ0v) is 17.4. The summed E-state index contributed by atoms with van der Waals surface area (Å²) in [6, 6.07) is 9.09. The minimum atomic E-state index is -0.189. The van der Waals surface area contributed by atoms with Gasteiger partial charge in [-0.25, -0.2) is 0 Å². The number of aromatic hydroxyl groups is 1. The Kier molecular flexibility index (Phi) is 4.72. The van der Waals surface area contributed by atoms with E-state index >= 15 is 0 Å². The van der Waals surface area contributed by atoms with Crippen molar-refractivity contribution in [3.63, 3.8) is 0 Å². The van der Waals surface area contributed by atoms with Gasteiger partial charge in [-0.15, -0.1) is 0 Å². The zero-order chi connectivity index (χ0) is 20.1. The molecule has 0 saturated carbocycles. The van der Waals surface area contributed by atoms with Gasteiger partial charge in [0.2, 0.25) is 0 Å². The molecule has 2 aromatic carbocycles. The predicted molar refractivity (Wildman–Crippen MR) is 116 cm³/mol. The van der Waals surface area contributed by atoms with Crippen LogP contribution in [-0.4, -0.2) is 29.0 Å². The number of para-hydroxylation sites is 1. The van der Waals surface area contributed by atoms with E-state index < -0.39 is 0 Å². The van der Waals surface area contributed by atoms with Crippen molar-refractivity contribution >= 4 is 34.8 Å². The minimum absolute atomic E-state index is 0.0472. The van der Waals surface area contributed by atoms with Crippen molar-refractivity contribution in [2.75, 3.05) is 18.4 Å². The van der Waals surface area contributed by atoms with Crippen LogP contribution in [0.25, 0.3) is 0 Å². The van der Waals surface area contributed by atoms with Crippen LogP contribution >= 0.6 is 23.2 Å². The number of anilines is 1. The molecule has 3 atom stereocenters. The molecule has 3 unspecified atom stereocenters. The molecule has 1 aliphatic carbocycles. The van der Waals surface area contributed by atoms with Gasteiger partial charge in [-0.2, -0.15) is 0 Å². The summed E-state index contributed by atoms with van der Waals surface area (Å²) in [5.41, 5.74) is 3.37. The van der Waals surface area contributed by atoms with E-state index in [1.807, 2.05) is 17.0 Å². The maximum atomic E-state index is 13.2. The van der Waals surface area contributed by atoms with Gasteiger partial charge in [-0.05, 0) is 48.9 Å². The van der Waals surface area contributed by atoms with Crippen LogP contribution < -0.4 is 5.32 Å². The highest BCUT2D eigenvalue weighted by atomic mass is 35.5. The van der Waals surface area contributed by atoms with Crippen molar-refractivity contribution in [2.45, 2.75) is 31.2 Å². The number of rotatable bonds is 2. The third-order valence-corrected chi connectivity index (χ3v) is 6.92. The summed E-state index contributed by atoms with van der Waals surface area (Å²) >= 11 is 12.5. The van der Waals surface area contributed by atoms with Gasteiger partial charge in [0.25, 0.3) is 5.91 Å². The molecule has 2 N–H and O–H groups in total. The Hall–Kier alpha value is -2.17. The van der Waals surface area contributed by atoms with Crippen molar-refractivity contribution in [3.05, 3.63) is 69.2 Å². The molecule has 0 aromatic heterocycles. The lowest BCUT2D eigenvalue weighted by atomic mass is 9.76. The van der Waals surface area contributed by atoms with Crippen LogP contribution in [0.1, 0.15) is 52.7 Å². The van der Waals surface area contributed by atoms with Gasteiger partial charge < -0.3 is 15.3 Å². The van der Waals surface area contributed by atoms with Crippen LogP contribution in [-0.2, 0) is 0 Å². The first kappa shape index (κ1) is 18.8. The average molecular weight is 429 g/mol. The number of carbonyl (C=O) groups is 1. The number of phenolic OH excluding ortho intramolecular Hbond substituents is 1. The number of nitrogens with one attached hydrogen (secondary N) is 1. The molecule has 29 heavy (non-hydrogen) atoms. The second kappa shape index (κ2) is 7.26. The lowest BCUT2D eigenvalue weighted by Gasteiger charge is -2.39. The summed E-state index contributed by atoms with van der Waals surface area (Å²) in [7, 11) is 0. The molecule has 0 spiro atoms. The van der Waals surface area contributed by atoms with Crippen LogP contribution in [0.2, 0.25) is 10.0 Å². The fourth-order valence-corrected chi connectivity index (χ4v) is 5.53. The Morgan fingerprint density at radius 3 is 2.72 bits per heavy atom. The topological polar surface area (TPSA) is 52.6 Å². The van der Waals surface area contributed by atoms with Gasteiger partial charge in [0.15, 0.2) is 0 Å². The Balaban J connectivity index is 1.61. The number of fused-ring (bicyclic) bond motifs is 3. The van der Waals surface area contributed by atoms with E-state index in [9.17, 15) is 9.90 Å². The fourth-order valence-electron chi connectivity index (χ4n) is 5.02. The molecule has 5 rings (SSSR count). The SMILES string of the molecule is O=C(c1cccc2c1NC(c1cc(Cl)cc(Cl)c1O)C1CC=CC21)N1CCCC1. The number of hydrogen-bond donors (Lipinski definition) is 2. The van der Waals surface area contributed by atoms with E-state index in [4.69, 9.17) is 23.2 Å². The van der Waals surface area contributed by atoms with E-state index in [0.29, 0.717) is 16.1 Å². The first-order chi connectivity index (χ1) is 14.0. The second-order valence-corrected chi connectivity index (χ2v) is 8.91. The number of benzene rings is 2. The molecular weight excluding hydrogens is 407 g/mol. The lowest BCUT2D eigenvalue weighted by molar-refractivity contribution is 0.0793. The molecule has 1 amide bonds. The summed E-state index contributed by atoms with van der Waals surface area (Å²) in [6.45, 7) is 1.62. The first-order valence-corrected chi connectivity index (χ1v) is 10.8. The summed E-state index contributed by atoms with van der Waals surface area (Å²) in [6.07, 6.45) is 7.38. The van der Waals surface area contributed by atoms with Crippen molar-refractivity contribution in [2.24, 2.45) is 5.92 Å². The van der Waals surface area contributed by atoms with E-state index in [0.717, 1.165) is 43.6 Å². The molecule has 6 heteroatoms. The normalized spacial score (nSPS) is 24.9. The molecular formula is C23H22Cl2N2O2. The smallest absolute Gasteiger partial charge is 0.255 e. The monoisotopic (exact) mass is 428 g/mol. The van der Waals surface area contributed by atoms with Crippen molar-refractivity contribution < 1.29 is 9.90 Å². The Labute approximate surface area is 180 Å². The molecule has 0 radical (unpaired) electrons. The quantitative estimate of drug-likeness (QED) is 0.597. The van der Waals surface area contributed by atoms with E-state index in [1.165, 1.54) is 0 Å². The maximum absolute atomic E-state index is 13.2. The number of hydrogen-bond acceptors (Lipinski definition) is 3. The Morgan fingerprint density at radius 1 is 1.14 bits per heavy atom. The van der Waals surface area contributed by atoms with Gasteiger partial charge in [-0.1, -0.05) is 47.5 Å². The molecule has 2 aliphatic heterocycles. The summed E-state index contributed by atoms with van der Waals surface area (Å²) < 4.78 is 0. The lowest BCUT2D eigenvalue weighted by Crippen LogP contribution is -2.33. The molecule has 3 aliphatic rings. The fraction of sp³-hybridized carbons (Fsp3) is 0.348. The van der Waals surface area contributed by atoms with Crippen LogP contribution in [0.15, 0.2) is 42.5 Å². The van der Waals surface area contributed by atoms with Gasteiger partial charge in [0, 0.05) is 29.6 Å². The van der Waals surface area contributed by atoms with Gasteiger partial charge in [-0.3, -0.25) is 4.79 Å². The Morgan fingerprint density at radius 2 is 1.93 bits per heavy atom. The van der Waals surface area contributed by atoms with Gasteiger partial charge in [0.1, 0.15) is 5.75 Å². The van der Waals surface area contributed by atoms with Crippen molar-refractivity contribution in [3.8, 4) is 5.75 Å². The number of amides is 1. The predicted octanol–water partition coefficient (Wildman–Crippen LogP) is 5.76. The highest BCUT2D eigenvalue weighted by molar-refractivity contribution is 6.35.